The van der Waals surface area contributed by atoms with E-state index in [0.29, 0.717) is 0 Å². The predicted molar refractivity (Wildman–Crippen MR) is 69.5 cm³/mol. The van der Waals surface area contributed by atoms with Crippen molar-refractivity contribution in [2.75, 3.05) is 7.05 Å². The van der Waals surface area contributed by atoms with E-state index in [1.165, 1.54) is 7.05 Å². The predicted octanol–water partition coefficient (Wildman–Crippen LogP) is -0.474. The van der Waals surface area contributed by atoms with Crippen molar-refractivity contribution in [3.8, 4) is 0 Å². The van der Waals surface area contributed by atoms with Gasteiger partial charge in [0.2, 0.25) is 11.8 Å². The van der Waals surface area contributed by atoms with Gasteiger partial charge in [-0.2, -0.15) is 0 Å². The van der Waals surface area contributed by atoms with Gasteiger partial charge in [0.15, 0.2) is 0 Å². The Labute approximate surface area is 115 Å². The molecule has 2 atom stereocenters. The van der Waals surface area contributed by atoms with Gasteiger partial charge in [0.25, 0.3) is 0 Å². The fraction of sp³-hybridized carbons (Fsp3) is 0.308. The van der Waals surface area contributed by atoms with Gasteiger partial charge >= 0.3 is 6.09 Å². The minimum atomic E-state index is -0.891. The maximum absolute atomic E-state index is 11.6. The molecule has 1 saturated heterocycles. The van der Waals surface area contributed by atoms with Gasteiger partial charge in [-0.15, -0.1) is 0 Å². The Hall–Kier alpha value is -2.57. The molecule has 20 heavy (non-hydrogen) atoms. The molecule has 1 aromatic carbocycles. The highest BCUT2D eigenvalue weighted by atomic mass is 16.5. The van der Waals surface area contributed by atoms with E-state index < -0.39 is 24.1 Å². The van der Waals surface area contributed by atoms with Crippen molar-refractivity contribution < 1.29 is 19.1 Å². The third-order valence-corrected chi connectivity index (χ3v) is 2.93. The van der Waals surface area contributed by atoms with E-state index in [4.69, 9.17) is 4.74 Å². The molecule has 0 bridgehead atoms. The second kappa shape index (κ2) is 6.05. The van der Waals surface area contributed by atoms with Crippen LogP contribution >= 0.6 is 0 Å². The molecule has 3 N–H and O–H groups in total. The zero-order chi connectivity index (χ0) is 14.5. The summed E-state index contributed by atoms with van der Waals surface area (Å²) in [4.78, 5) is 34.3. The average molecular weight is 277 g/mol. The first-order chi connectivity index (χ1) is 9.61. The molecule has 2 unspecified atom stereocenters. The SMILES string of the molecule is CNC(=O)C1NC(=O)C1NC(=O)OCc1ccccc1. The van der Waals surface area contributed by atoms with Gasteiger partial charge in [0.05, 0.1) is 0 Å². The Morgan fingerprint density at radius 3 is 2.60 bits per heavy atom. The van der Waals surface area contributed by atoms with Gasteiger partial charge in [0.1, 0.15) is 18.7 Å². The van der Waals surface area contributed by atoms with Gasteiger partial charge in [-0.05, 0) is 5.56 Å². The lowest BCUT2D eigenvalue weighted by atomic mass is 9.98. The van der Waals surface area contributed by atoms with Gasteiger partial charge in [0, 0.05) is 7.05 Å². The molecule has 0 aliphatic carbocycles. The molecule has 1 heterocycles. The van der Waals surface area contributed by atoms with Gasteiger partial charge in [-0.3, -0.25) is 9.59 Å². The quantitative estimate of drug-likeness (QED) is 0.648. The number of likely N-dealkylation sites (N-methyl/N-ethyl adjacent to an activating group) is 1. The van der Waals surface area contributed by atoms with Crippen LogP contribution in [0.4, 0.5) is 4.79 Å². The van der Waals surface area contributed by atoms with Gasteiger partial charge in [-0.25, -0.2) is 4.79 Å². The van der Waals surface area contributed by atoms with E-state index in [-0.39, 0.29) is 12.5 Å². The molecule has 106 valence electrons. The van der Waals surface area contributed by atoms with Crippen LogP contribution in [0.3, 0.4) is 0 Å². The summed E-state index contributed by atoms with van der Waals surface area (Å²) in [5, 5.41) is 7.17. The van der Waals surface area contributed by atoms with Crippen molar-refractivity contribution >= 4 is 17.9 Å². The molecule has 2 rings (SSSR count). The summed E-state index contributed by atoms with van der Waals surface area (Å²) >= 11 is 0. The lowest BCUT2D eigenvalue weighted by Gasteiger charge is -2.35. The zero-order valence-electron chi connectivity index (χ0n) is 10.9. The molecule has 1 aliphatic rings. The van der Waals surface area contributed by atoms with Crippen molar-refractivity contribution in [2.24, 2.45) is 0 Å². The molecular formula is C13H15N3O4. The first-order valence-corrected chi connectivity index (χ1v) is 6.11. The number of carbonyl (C=O) groups excluding carboxylic acids is 3. The maximum atomic E-state index is 11.6. The second-order valence-electron chi connectivity index (χ2n) is 4.28. The van der Waals surface area contributed by atoms with E-state index in [1.54, 1.807) is 0 Å². The summed E-state index contributed by atoms with van der Waals surface area (Å²) in [6.07, 6.45) is -0.734. The molecule has 1 aliphatic heterocycles. The van der Waals surface area contributed by atoms with Crippen molar-refractivity contribution in [3.63, 3.8) is 0 Å². The smallest absolute Gasteiger partial charge is 0.408 e. The summed E-state index contributed by atoms with van der Waals surface area (Å²) in [6.45, 7) is 0.103. The zero-order valence-corrected chi connectivity index (χ0v) is 10.9. The van der Waals surface area contributed by atoms with E-state index in [9.17, 15) is 14.4 Å². The molecular weight excluding hydrogens is 262 g/mol. The van der Waals surface area contributed by atoms with Gasteiger partial charge in [-0.1, -0.05) is 30.3 Å². The number of β-lactam (4-membered cyclic amide) rings is 1. The van der Waals surface area contributed by atoms with Crippen molar-refractivity contribution in [1.82, 2.24) is 16.0 Å². The van der Waals surface area contributed by atoms with Crippen LogP contribution in [0.25, 0.3) is 0 Å². The van der Waals surface area contributed by atoms with Crippen LogP contribution in [0.2, 0.25) is 0 Å². The van der Waals surface area contributed by atoms with Crippen LogP contribution in [0.15, 0.2) is 30.3 Å². The highest BCUT2D eigenvalue weighted by Crippen LogP contribution is 2.07. The standard InChI is InChI=1S/C13H15N3O4/c1-14-11(17)9-10(12(18)15-9)16-13(19)20-7-8-5-3-2-4-6-8/h2-6,9-10H,7H2,1H3,(H,14,17)(H,15,18)(H,16,19). The number of hydrogen-bond donors (Lipinski definition) is 3. The van der Waals surface area contributed by atoms with Crippen molar-refractivity contribution in [3.05, 3.63) is 35.9 Å². The number of ether oxygens (including phenoxy) is 1. The minimum Gasteiger partial charge on any atom is -0.445 e. The fourth-order valence-electron chi connectivity index (χ4n) is 1.79. The summed E-state index contributed by atoms with van der Waals surface area (Å²) in [6, 6.07) is 7.51. The lowest BCUT2D eigenvalue weighted by Crippen LogP contribution is -2.73. The molecule has 0 spiro atoms. The minimum absolute atomic E-state index is 0.103. The third kappa shape index (κ3) is 3.05. The van der Waals surface area contributed by atoms with Crippen molar-refractivity contribution in [2.45, 2.75) is 18.7 Å². The average Bonchev–Trinajstić information content (AvgIpc) is 2.48. The summed E-state index contributed by atoms with van der Waals surface area (Å²) < 4.78 is 4.98. The molecule has 3 amide bonds. The number of nitrogens with one attached hydrogen (secondary N) is 3. The third-order valence-electron chi connectivity index (χ3n) is 2.93. The van der Waals surface area contributed by atoms with E-state index in [1.807, 2.05) is 30.3 Å². The summed E-state index contributed by atoms with van der Waals surface area (Å²) in [5.41, 5.74) is 0.837. The largest absolute Gasteiger partial charge is 0.445 e. The van der Waals surface area contributed by atoms with Crippen LogP contribution in [-0.2, 0) is 20.9 Å². The van der Waals surface area contributed by atoms with Crippen LogP contribution < -0.4 is 16.0 Å². The molecule has 7 nitrogen and oxygen atoms in total. The topological polar surface area (TPSA) is 96.5 Å². The van der Waals surface area contributed by atoms with E-state index in [0.717, 1.165) is 5.56 Å². The Morgan fingerprint density at radius 1 is 1.30 bits per heavy atom. The molecule has 0 saturated carbocycles. The van der Waals surface area contributed by atoms with E-state index in [2.05, 4.69) is 16.0 Å². The summed E-state index contributed by atoms with van der Waals surface area (Å²) in [7, 11) is 1.46. The highest BCUT2D eigenvalue weighted by molar-refractivity contribution is 6.03. The van der Waals surface area contributed by atoms with Crippen LogP contribution in [-0.4, -0.2) is 37.0 Å². The Kier molecular flexibility index (Phi) is 4.19. The maximum Gasteiger partial charge on any atom is 0.408 e. The number of amides is 3. The lowest BCUT2D eigenvalue weighted by molar-refractivity contribution is -0.139. The van der Waals surface area contributed by atoms with E-state index >= 15 is 0 Å². The molecule has 1 fully saturated rings. The number of hydrogen-bond acceptors (Lipinski definition) is 4. The van der Waals surface area contributed by atoms with Crippen molar-refractivity contribution in [1.29, 1.82) is 0 Å². The molecule has 0 aromatic heterocycles. The normalized spacial score (nSPS) is 20.4. The number of rotatable bonds is 4. The second-order valence-corrected chi connectivity index (χ2v) is 4.28. The highest BCUT2D eigenvalue weighted by Gasteiger charge is 2.44. The Bertz CT molecular complexity index is 518. The summed E-state index contributed by atoms with van der Waals surface area (Å²) in [5.74, 6) is -0.770. The molecule has 7 heteroatoms. The Morgan fingerprint density at radius 2 is 2.00 bits per heavy atom. The van der Waals surface area contributed by atoms with Gasteiger partial charge < -0.3 is 20.7 Å². The molecule has 0 radical (unpaired) electrons. The van der Waals surface area contributed by atoms with Crippen LogP contribution in [0.1, 0.15) is 5.56 Å². The first-order valence-electron chi connectivity index (χ1n) is 6.11. The fourth-order valence-corrected chi connectivity index (χ4v) is 1.79. The number of benzene rings is 1. The first kappa shape index (κ1) is 13.9. The van der Waals surface area contributed by atoms with Crippen LogP contribution in [0.5, 0.6) is 0 Å². The number of carbonyl (C=O) groups is 3. The Balaban J connectivity index is 1.82. The van der Waals surface area contributed by atoms with Crippen LogP contribution in [0, 0.1) is 0 Å². The molecule has 1 aromatic rings. The monoisotopic (exact) mass is 277 g/mol. The number of alkyl carbamates (subject to hydrolysis) is 1.